The van der Waals surface area contributed by atoms with Gasteiger partial charge in [0.25, 0.3) is 0 Å². The van der Waals surface area contributed by atoms with Gasteiger partial charge in [0.05, 0.1) is 0 Å². The van der Waals surface area contributed by atoms with Crippen LogP contribution in [0.3, 0.4) is 0 Å². The summed E-state index contributed by atoms with van der Waals surface area (Å²) in [6, 6.07) is 2.07. The van der Waals surface area contributed by atoms with Crippen LogP contribution in [-0.4, -0.2) is 16.5 Å². The van der Waals surface area contributed by atoms with E-state index in [1.807, 2.05) is 0 Å². The first kappa shape index (κ1) is 12.0. The molecule has 0 spiro atoms. The molecule has 3 nitrogen and oxygen atoms in total. The minimum atomic E-state index is 0.901. The van der Waals surface area contributed by atoms with E-state index in [2.05, 4.69) is 42.1 Å². The van der Waals surface area contributed by atoms with Crippen LogP contribution in [0.25, 0.3) is 0 Å². The average Bonchev–Trinajstić information content (AvgIpc) is 2.26. The molecule has 1 rings (SSSR count). The third-order valence-electron chi connectivity index (χ3n) is 2.29. The number of anilines is 1. The first-order valence-corrected chi connectivity index (χ1v) is 5.90. The molecule has 0 aliphatic heterocycles. The molecule has 3 heteroatoms. The van der Waals surface area contributed by atoms with Crippen LogP contribution < -0.4 is 5.32 Å². The Morgan fingerprint density at radius 3 is 2.60 bits per heavy atom. The van der Waals surface area contributed by atoms with Crippen molar-refractivity contribution >= 4 is 5.82 Å². The van der Waals surface area contributed by atoms with Crippen molar-refractivity contribution in [2.45, 2.75) is 46.5 Å². The number of unbranched alkanes of at least 4 members (excludes halogenated alkanes) is 1. The zero-order valence-corrected chi connectivity index (χ0v) is 10.0. The zero-order valence-electron chi connectivity index (χ0n) is 10.0. The highest BCUT2D eigenvalue weighted by atomic mass is 15.0. The van der Waals surface area contributed by atoms with Crippen LogP contribution in [0.5, 0.6) is 0 Å². The van der Waals surface area contributed by atoms with Crippen LogP contribution in [-0.2, 0) is 12.8 Å². The molecule has 1 aromatic heterocycles. The molecule has 0 bridgehead atoms. The summed E-state index contributed by atoms with van der Waals surface area (Å²) in [6.45, 7) is 7.29. The molecule has 0 atom stereocenters. The molecule has 0 saturated heterocycles. The summed E-state index contributed by atoms with van der Waals surface area (Å²) >= 11 is 0. The molecular formula is C12H21N3. The van der Waals surface area contributed by atoms with Gasteiger partial charge in [0.15, 0.2) is 0 Å². The molecule has 1 aromatic rings. The molecule has 0 aliphatic rings. The van der Waals surface area contributed by atoms with Gasteiger partial charge in [0, 0.05) is 24.7 Å². The van der Waals surface area contributed by atoms with Crippen molar-refractivity contribution in [2.75, 3.05) is 11.9 Å². The summed E-state index contributed by atoms with van der Waals surface area (Å²) in [6.07, 6.45) is 4.37. The molecule has 0 aliphatic carbocycles. The number of hydrogen-bond donors (Lipinski definition) is 1. The summed E-state index contributed by atoms with van der Waals surface area (Å²) < 4.78 is 0. The molecule has 0 unspecified atom stereocenters. The van der Waals surface area contributed by atoms with Crippen molar-refractivity contribution in [1.82, 2.24) is 9.97 Å². The van der Waals surface area contributed by atoms with Gasteiger partial charge in [-0.2, -0.15) is 0 Å². The second-order valence-electron chi connectivity index (χ2n) is 3.65. The van der Waals surface area contributed by atoms with Gasteiger partial charge in [0.1, 0.15) is 11.6 Å². The highest BCUT2D eigenvalue weighted by Crippen LogP contribution is 2.09. The Labute approximate surface area is 92.3 Å². The molecular weight excluding hydrogens is 186 g/mol. The van der Waals surface area contributed by atoms with Gasteiger partial charge in [-0.05, 0) is 19.8 Å². The molecule has 0 radical (unpaired) electrons. The van der Waals surface area contributed by atoms with E-state index in [1.54, 1.807) is 0 Å². The molecule has 0 saturated carbocycles. The van der Waals surface area contributed by atoms with Gasteiger partial charge in [0.2, 0.25) is 0 Å². The van der Waals surface area contributed by atoms with Gasteiger partial charge in [-0.3, -0.25) is 0 Å². The van der Waals surface area contributed by atoms with E-state index in [1.165, 1.54) is 18.5 Å². The van der Waals surface area contributed by atoms with Crippen molar-refractivity contribution in [3.8, 4) is 0 Å². The average molecular weight is 207 g/mol. The Morgan fingerprint density at radius 2 is 2.00 bits per heavy atom. The zero-order chi connectivity index (χ0) is 11.1. The minimum absolute atomic E-state index is 0.901. The van der Waals surface area contributed by atoms with Crippen molar-refractivity contribution in [3.05, 3.63) is 17.6 Å². The summed E-state index contributed by atoms with van der Waals surface area (Å²) in [7, 11) is 0. The quantitative estimate of drug-likeness (QED) is 0.779. The summed E-state index contributed by atoms with van der Waals surface area (Å²) in [5.41, 5.74) is 1.17. The topological polar surface area (TPSA) is 37.8 Å². The second-order valence-corrected chi connectivity index (χ2v) is 3.65. The smallest absolute Gasteiger partial charge is 0.130 e. The van der Waals surface area contributed by atoms with E-state index in [-0.39, 0.29) is 0 Å². The van der Waals surface area contributed by atoms with Crippen LogP contribution >= 0.6 is 0 Å². The lowest BCUT2D eigenvalue weighted by Gasteiger charge is -2.07. The van der Waals surface area contributed by atoms with Crippen LogP contribution in [0.15, 0.2) is 6.07 Å². The Morgan fingerprint density at radius 1 is 1.20 bits per heavy atom. The number of hydrogen-bond acceptors (Lipinski definition) is 3. The molecule has 0 aromatic carbocycles. The Bertz CT molecular complexity index is 297. The fourth-order valence-electron chi connectivity index (χ4n) is 1.47. The van der Waals surface area contributed by atoms with E-state index in [4.69, 9.17) is 0 Å². The number of aromatic nitrogens is 2. The van der Waals surface area contributed by atoms with Gasteiger partial charge in [-0.25, -0.2) is 9.97 Å². The second kappa shape index (κ2) is 6.38. The molecule has 0 fully saturated rings. The number of nitrogens with zero attached hydrogens (tertiary/aromatic N) is 2. The lowest BCUT2D eigenvalue weighted by atomic mass is 10.2. The maximum atomic E-state index is 4.52. The van der Waals surface area contributed by atoms with E-state index in [0.717, 1.165) is 31.0 Å². The lowest BCUT2D eigenvalue weighted by Crippen LogP contribution is -2.05. The predicted octanol–water partition coefficient (Wildman–Crippen LogP) is 2.81. The predicted molar refractivity (Wildman–Crippen MR) is 64.2 cm³/mol. The first-order chi connectivity index (χ1) is 7.30. The largest absolute Gasteiger partial charge is 0.370 e. The van der Waals surface area contributed by atoms with Crippen LogP contribution in [0.2, 0.25) is 0 Å². The number of aryl methyl sites for hydroxylation is 2. The van der Waals surface area contributed by atoms with Gasteiger partial charge in [-0.15, -0.1) is 0 Å². The van der Waals surface area contributed by atoms with E-state index in [9.17, 15) is 0 Å². The van der Waals surface area contributed by atoms with Gasteiger partial charge >= 0.3 is 0 Å². The molecule has 1 heterocycles. The van der Waals surface area contributed by atoms with Gasteiger partial charge in [-0.1, -0.05) is 20.3 Å². The monoisotopic (exact) mass is 207 g/mol. The SMILES string of the molecule is CCCCc1cc(NCC)nc(CC)n1. The molecule has 1 N–H and O–H groups in total. The lowest BCUT2D eigenvalue weighted by molar-refractivity contribution is 0.762. The molecule has 15 heavy (non-hydrogen) atoms. The van der Waals surface area contributed by atoms with Crippen molar-refractivity contribution < 1.29 is 0 Å². The number of rotatable bonds is 6. The van der Waals surface area contributed by atoms with Crippen LogP contribution in [0.4, 0.5) is 5.82 Å². The fraction of sp³-hybridized carbons (Fsp3) is 0.667. The maximum Gasteiger partial charge on any atom is 0.130 e. The van der Waals surface area contributed by atoms with Crippen molar-refractivity contribution in [1.29, 1.82) is 0 Å². The van der Waals surface area contributed by atoms with Gasteiger partial charge < -0.3 is 5.32 Å². The van der Waals surface area contributed by atoms with E-state index >= 15 is 0 Å². The highest BCUT2D eigenvalue weighted by molar-refractivity contribution is 5.35. The summed E-state index contributed by atoms with van der Waals surface area (Å²) in [5, 5.41) is 3.25. The van der Waals surface area contributed by atoms with E-state index in [0.29, 0.717) is 0 Å². The first-order valence-electron chi connectivity index (χ1n) is 5.90. The molecule has 84 valence electrons. The maximum absolute atomic E-state index is 4.52. The third-order valence-corrected chi connectivity index (χ3v) is 2.29. The summed E-state index contributed by atoms with van der Waals surface area (Å²) in [4.78, 5) is 8.95. The Kier molecular flexibility index (Phi) is 5.08. The van der Waals surface area contributed by atoms with Crippen molar-refractivity contribution in [3.63, 3.8) is 0 Å². The Hall–Kier alpha value is -1.12. The Balaban J connectivity index is 2.79. The van der Waals surface area contributed by atoms with E-state index < -0.39 is 0 Å². The highest BCUT2D eigenvalue weighted by Gasteiger charge is 2.02. The van der Waals surface area contributed by atoms with Crippen molar-refractivity contribution in [2.24, 2.45) is 0 Å². The van der Waals surface area contributed by atoms with Crippen LogP contribution in [0.1, 0.15) is 45.1 Å². The number of nitrogens with one attached hydrogen (secondary N) is 1. The summed E-state index contributed by atoms with van der Waals surface area (Å²) in [5.74, 6) is 1.91. The fourth-order valence-corrected chi connectivity index (χ4v) is 1.47. The van der Waals surface area contributed by atoms with Crippen LogP contribution in [0, 0.1) is 0 Å². The standard InChI is InChI=1S/C12H21N3/c1-4-7-8-10-9-12(13-6-3)15-11(5-2)14-10/h9H,4-8H2,1-3H3,(H,13,14,15). The molecule has 0 amide bonds. The minimum Gasteiger partial charge on any atom is -0.370 e. The normalized spacial score (nSPS) is 10.3. The third kappa shape index (κ3) is 3.86.